The second-order valence-corrected chi connectivity index (χ2v) is 8.78. The van der Waals surface area contributed by atoms with Gasteiger partial charge in [0.1, 0.15) is 0 Å². The average Bonchev–Trinajstić information content (AvgIpc) is 2.64. The molecule has 0 radical (unpaired) electrons. The third kappa shape index (κ3) is 3.90. The molecule has 0 unspecified atom stereocenters. The van der Waals surface area contributed by atoms with Gasteiger partial charge in [-0.2, -0.15) is 4.31 Å². The molecule has 134 valence electrons. The molecule has 6 heteroatoms. The Bertz CT molecular complexity index is 832. The molecule has 25 heavy (non-hydrogen) atoms. The van der Waals surface area contributed by atoms with Crippen LogP contribution in [0, 0.1) is 6.92 Å². The van der Waals surface area contributed by atoms with Gasteiger partial charge in [0.2, 0.25) is 10.0 Å². The van der Waals surface area contributed by atoms with Gasteiger partial charge in [-0.15, -0.1) is 0 Å². The molecule has 0 aromatic heterocycles. The summed E-state index contributed by atoms with van der Waals surface area (Å²) >= 11 is 6.10. The van der Waals surface area contributed by atoms with Crippen LogP contribution in [0.25, 0.3) is 0 Å². The van der Waals surface area contributed by atoms with Crippen LogP contribution in [-0.2, 0) is 10.0 Å². The molecule has 1 aliphatic heterocycles. The fourth-order valence-corrected chi connectivity index (χ4v) is 4.85. The summed E-state index contributed by atoms with van der Waals surface area (Å²) in [7, 11) is -3.49. The van der Waals surface area contributed by atoms with Crippen LogP contribution in [0.2, 0.25) is 5.02 Å². The van der Waals surface area contributed by atoms with Crippen molar-refractivity contribution >= 4 is 21.6 Å². The number of aryl methyl sites for hydroxylation is 1. The van der Waals surface area contributed by atoms with Crippen molar-refractivity contribution in [3.63, 3.8) is 0 Å². The van der Waals surface area contributed by atoms with E-state index in [0.717, 1.165) is 18.7 Å². The van der Waals surface area contributed by atoms with Gasteiger partial charge in [-0.1, -0.05) is 48.0 Å². The normalized spacial score (nSPS) is 18.2. The maximum absolute atomic E-state index is 12.8. The molecule has 1 heterocycles. The van der Waals surface area contributed by atoms with Gasteiger partial charge in [0, 0.05) is 37.2 Å². The van der Waals surface area contributed by atoms with Crippen LogP contribution in [0.4, 0.5) is 0 Å². The molecule has 1 atom stereocenters. The van der Waals surface area contributed by atoms with Crippen molar-refractivity contribution in [1.29, 1.82) is 0 Å². The molecule has 2 aromatic carbocycles. The first-order valence-corrected chi connectivity index (χ1v) is 10.3. The maximum Gasteiger partial charge on any atom is 0.243 e. The first-order valence-electron chi connectivity index (χ1n) is 8.45. The van der Waals surface area contributed by atoms with Gasteiger partial charge in [0.15, 0.2) is 0 Å². The van der Waals surface area contributed by atoms with E-state index in [0.29, 0.717) is 18.1 Å². The van der Waals surface area contributed by atoms with Crippen LogP contribution in [0.15, 0.2) is 53.4 Å². The largest absolute Gasteiger partial charge is 0.294 e. The lowest BCUT2D eigenvalue weighted by molar-refractivity contribution is 0.146. The molecule has 0 aliphatic carbocycles. The molecule has 0 bridgehead atoms. The Labute approximate surface area is 155 Å². The molecule has 1 fully saturated rings. The molecule has 3 rings (SSSR count). The summed E-state index contributed by atoms with van der Waals surface area (Å²) in [5.41, 5.74) is 2.13. The van der Waals surface area contributed by atoms with Gasteiger partial charge >= 0.3 is 0 Å². The number of benzene rings is 2. The zero-order chi connectivity index (χ0) is 18.0. The van der Waals surface area contributed by atoms with E-state index in [-0.39, 0.29) is 10.9 Å². The fourth-order valence-electron chi connectivity index (χ4n) is 3.16. The predicted octanol–water partition coefficient (Wildman–Crippen LogP) is 3.72. The first kappa shape index (κ1) is 18.4. The van der Waals surface area contributed by atoms with Crippen LogP contribution >= 0.6 is 11.6 Å². The highest BCUT2D eigenvalue weighted by molar-refractivity contribution is 7.89. The van der Waals surface area contributed by atoms with Crippen LogP contribution < -0.4 is 0 Å². The first-order chi connectivity index (χ1) is 11.9. The number of hydrogen-bond acceptors (Lipinski definition) is 3. The number of piperazine rings is 1. The summed E-state index contributed by atoms with van der Waals surface area (Å²) in [6, 6.07) is 15.5. The van der Waals surface area contributed by atoms with E-state index in [4.69, 9.17) is 11.6 Å². The molecule has 0 amide bonds. The van der Waals surface area contributed by atoms with Crippen molar-refractivity contribution in [1.82, 2.24) is 9.21 Å². The monoisotopic (exact) mass is 378 g/mol. The summed E-state index contributed by atoms with van der Waals surface area (Å²) in [6.45, 7) is 6.45. The molecule has 2 aromatic rings. The third-order valence-corrected chi connectivity index (χ3v) is 7.19. The second kappa shape index (κ2) is 7.46. The number of rotatable bonds is 4. The summed E-state index contributed by atoms with van der Waals surface area (Å²) in [5.74, 6) is 0. The summed E-state index contributed by atoms with van der Waals surface area (Å²) < 4.78 is 27.2. The number of nitrogens with zero attached hydrogens (tertiary/aromatic N) is 2. The Hall–Kier alpha value is -1.40. The molecule has 1 aliphatic rings. The lowest BCUT2D eigenvalue weighted by Gasteiger charge is -2.37. The van der Waals surface area contributed by atoms with Crippen molar-refractivity contribution in [2.75, 3.05) is 26.2 Å². The SMILES string of the molecule is Cc1ccc(S(=O)(=O)N2CCN([C@H](C)c3ccccc3)CC2)cc1Cl. The Morgan fingerprint density at radius 2 is 1.64 bits per heavy atom. The number of hydrogen-bond donors (Lipinski definition) is 0. The summed E-state index contributed by atoms with van der Waals surface area (Å²) in [4.78, 5) is 2.59. The highest BCUT2D eigenvalue weighted by Gasteiger charge is 2.30. The van der Waals surface area contributed by atoms with Gasteiger partial charge in [0.05, 0.1) is 4.90 Å². The van der Waals surface area contributed by atoms with Crippen molar-refractivity contribution < 1.29 is 8.42 Å². The van der Waals surface area contributed by atoms with E-state index in [2.05, 4.69) is 24.0 Å². The molecule has 0 N–H and O–H groups in total. The molecular weight excluding hydrogens is 356 g/mol. The standard InChI is InChI=1S/C19H23ClN2O2S/c1-15-8-9-18(14-19(15)20)25(23,24)22-12-10-21(11-13-22)16(2)17-6-4-3-5-7-17/h3-9,14,16H,10-13H2,1-2H3/t16-/m1/s1. The van der Waals surface area contributed by atoms with Crippen LogP contribution in [-0.4, -0.2) is 43.8 Å². The molecule has 1 saturated heterocycles. The Morgan fingerprint density at radius 3 is 2.24 bits per heavy atom. The highest BCUT2D eigenvalue weighted by atomic mass is 35.5. The molecule has 4 nitrogen and oxygen atoms in total. The van der Waals surface area contributed by atoms with E-state index in [9.17, 15) is 8.42 Å². The zero-order valence-electron chi connectivity index (χ0n) is 14.5. The maximum atomic E-state index is 12.8. The van der Waals surface area contributed by atoms with Crippen molar-refractivity contribution in [2.24, 2.45) is 0 Å². The van der Waals surface area contributed by atoms with Crippen molar-refractivity contribution in [3.8, 4) is 0 Å². The fraction of sp³-hybridized carbons (Fsp3) is 0.368. The van der Waals surface area contributed by atoms with Crippen molar-refractivity contribution in [2.45, 2.75) is 24.8 Å². The van der Waals surface area contributed by atoms with E-state index >= 15 is 0 Å². The topological polar surface area (TPSA) is 40.6 Å². The predicted molar refractivity (Wildman–Crippen MR) is 101 cm³/mol. The van der Waals surface area contributed by atoms with Crippen LogP contribution in [0.5, 0.6) is 0 Å². The Kier molecular flexibility index (Phi) is 5.49. The van der Waals surface area contributed by atoms with Gasteiger partial charge < -0.3 is 0 Å². The minimum atomic E-state index is -3.49. The van der Waals surface area contributed by atoms with Crippen LogP contribution in [0.3, 0.4) is 0 Å². The smallest absolute Gasteiger partial charge is 0.243 e. The van der Waals surface area contributed by atoms with Gasteiger partial charge in [0.25, 0.3) is 0 Å². The highest BCUT2D eigenvalue weighted by Crippen LogP contribution is 2.26. The van der Waals surface area contributed by atoms with E-state index in [1.165, 1.54) is 5.56 Å². The van der Waals surface area contributed by atoms with E-state index < -0.39 is 10.0 Å². The molecule has 0 spiro atoms. The number of halogens is 1. The summed E-state index contributed by atoms with van der Waals surface area (Å²) in [6.07, 6.45) is 0. The summed E-state index contributed by atoms with van der Waals surface area (Å²) in [5, 5.41) is 0.484. The van der Waals surface area contributed by atoms with Crippen LogP contribution in [0.1, 0.15) is 24.1 Å². The van der Waals surface area contributed by atoms with E-state index in [1.807, 2.05) is 25.1 Å². The lowest BCUT2D eigenvalue weighted by atomic mass is 10.1. The van der Waals surface area contributed by atoms with Gasteiger partial charge in [-0.25, -0.2) is 8.42 Å². The average molecular weight is 379 g/mol. The molecule has 0 saturated carbocycles. The minimum absolute atomic E-state index is 0.271. The third-order valence-electron chi connectivity index (χ3n) is 4.88. The van der Waals surface area contributed by atoms with Crippen molar-refractivity contribution in [3.05, 3.63) is 64.7 Å². The Balaban J connectivity index is 1.70. The minimum Gasteiger partial charge on any atom is -0.294 e. The van der Waals surface area contributed by atoms with E-state index in [1.54, 1.807) is 22.5 Å². The molecular formula is C19H23ClN2O2S. The van der Waals surface area contributed by atoms with Gasteiger partial charge in [-0.05, 0) is 37.1 Å². The zero-order valence-corrected chi connectivity index (χ0v) is 16.1. The second-order valence-electron chi connectivity index (χ2n) is 6.44. The van der Waals surface area contributed by atoms with Gasteiger partial charge in [-0.3, -0.25) is 4.90 Å². The quantitative estimate of drug-likeness (QED) is 0.814. The number of sulfonamides is 1. The lowest BCUT2D eigenvalue weighted by Crippen LogP contribution is -2.49. The Morgan fingerprint density at radius 1 is 1.00 bits per heavy atom.